The Morgan fingerprint density at radius 1 is 1.11 bits per heavy atom. The van der Waals surface area contributed by atoms with Crippen LogP contribution in [-0.2, 0) is 11.2 Å². The molecule has 1 amide bonds. The van der Waals surface area contributed by atoms with Crippen LogP contribution in [0.15, 0.2) is 67.0 Å². The zero-order chi connectivity index (χ0) is 19.8. The zero-order valence-corrected chi connectivity index (χ0v) is 16.3. The van der Waals surface area contributed by atoms with Crippen LogP contribution in [0.5, 0.6) is 0 Å². The predicted molar refractivity (Wildman–Crippen MR) is 110 cm³/mol. The van der Waals surface area contributed by atoms with Crippen molar-refractivity contribution in [3.05, 3.63) is 83.8 Å². The third-order valence-corrected chi connectivity index (χ3v) is 4.65. The van der Waals surface area contributed by atoms with Crippen molar-refractivity contribution in [2.45, 2.75) is 25.9 Å². The predicted octanol–water partition coefficient (Wildman–Crippen LogP) is 4.21. The van der Waals surface area contributed by atoms with E-state index < -0.39 is 0 Å². The van der Waals surface area contributed by atoms with Crippen molar-refractivity contribution in [1.29, 1.82) is 0 Å². The summed E-state index contributed by atoms with van der Waals surface area (Å²) in [5.41, 5.74) is 4.52. The molecule has 3 aromatic rings. The first kappa shape index (κ1) is 19.7. The monoisotopic (exact) mass is 375 g/mol. The molecular weight excluding hydrogens is 350 g/mol. The fourth-order valence-electron chi connectivity index (χ4n) is 2.91. The maximum atomic E-state index is 12.3. The van der Waals surface area contributed by atoms with Crippen LogP contribution < -0.4 is 5.32 Å². The van der Waals surface area contributed by atoms with Crippen molar-refractivity contribution < 1.29 is 9.53 Å². The van der Waals surface area contributed by atoms with E-state index in [4.69, 9.17) is 4.74 Å². The van der Waals surface area contributed by atoms with E-state index in [9.17, 15) is 4.79 Å². The van der Waals surface area contributed by atoms with Crippen LogP contribution in [0, 0.1) is 0 Å². The van der Waals surface area contributed by atoms with Gasteiger partial charge in [0.25, 0.3) is 5.91 Å². The van der Waals surface area contributed by atoms with Crippen molar-refractivity contribution in [3.8, 4) is 11.3 Å². The second kappa shape index (κ2) is 9.76. The van der Waals surface area contributed by atoms with Crippen molar-refractivity contribution in [1.82, 2.24) is 15.3 Å². The number of aromatic nitrogens is 2. The second-order valence-electron chi connectivity index (χ2n) is 6.62. The van der Waals surface area contributed by atoms with Gasteiger partial charge in [0.05, 0.1) is 17.4 Å². The maximum Gasteiger partial charge on any atom is 0.252 e. The number of methoxy groups -OCH3 is 1. The molecule has 0 bridgehead atoms. The van der Waals surface area contributed by atoms with Gasteiger partial charge >= 0.3 is 0 Å². The quantitative estimate of drug-likeness (QED) is 0.599. The highest BCUT2D eigenvalue weighted by Gasteiger charge is 2.09. The lowest BCUT2D eigenvalue weighted by Gasteiger charge is -2.11. The first-order chi connectivity index (χ1) is 13.7. The summed E-state index contributed by atoms with van der Waals surface area (Å²) in [7, 11) is 1.69. The molecule has 28 heavy (non-hydrogen) atoms. The van der Waals surface area contributed by atoms with Gasteiger partial charge in [-0.15, -0.1) is 0 Å². The molecule has 3 rings (SSSR count). The van der Waals surface area contributed by atoms with Gasteiger partial charge in [0.15, 0.2) is 0 Å². The third kappa shape index (κ3) is 5.24. The fraction of sp³-hybridized carbons (Fsp3) is 0.261. The Labute approximate surface area is 165 Å². The van der Waals surface area contributed by atoms with E-state index in [1.54, 1.807) is 19.5 Å². The summed E-state index contributed by atoms with van der Waals surface area (Å²) in [5, 5.41) is 2.94. The van der Waals surface area contributed by atoms with Gasteiger partial charge in [-0.3, -0.25) is 14.8 Å². The maximum absolute atomic E-state index is 12.3. The molecule has 0 aliphatic rings. The van der Waals surface area contributed by atoms with Gasteiger partial charge in [0.2, 0.25) is 0 Å². The van der Waals surface area contributed by atoms with Gasteiger partial charge in [-0.2, -0.15) is 0 Å². The smallest absolute Gasteiger partial charge is 0.252 e. The van der Waals surface area contributed by atoms with E-state index in [1.807, 2.05) is 55.5 Å². The van der Waals surface area contributed by atoms with E-state index in [1.165, 1.54) is 0 Å². The average Bonchev–Trinajstić information content (AvgIpc) is 2.77. The molecule has 0 saturated heterocycles. The summed E-state index contributed by atoms with van der Waals surface area (Å²) >= 11 is 0. The molecule has 2 heterocycles. The number of amides is 1. The number of rotatable bonds is 8. The molecule has 144 valence electrons. The average molecular weight is 375 g/mol. The third-order valence-electron chi connectivity index (χ3n) is 4.65. The Kier molecular flexibility index (Phi) is 6.87. The fourth-order valence-corrected chi connectivity index (χ4v) is 2.91. The Hall–Kier alpha value is -3.05. The topological polar surface area (TPSA) is 64.1 Å². The Morgan fingerprint density at radius 3 is 2.71 bits per heavy atom. The summed E-state index contributed by atoms with van der Waals surface area (Å²) in [4.78, 5) is 21.0. The van der Waals surface area contributed by atoms with Crippen molar-refractivity contribution >= 4 is 5.91 Å². The lowest BCUT2D eigenvalue weighted by Crippen LogP contribution is -2.24. The molecule has 5 nitrogen and oxygen atoms in total. The number of carbonyl (C=O) groups is 1. The highest BCUT2D eigenvalue weighted by molar-refractivity contribution is 5.94. The summed E-state index contributed by atoms with van der Waals surface area (Å²) in [6, 6.07) is 17.6. The number of ether oxygens (including phenoxy) is 1. The van der Waals surface area contributed by atoms with Crippen LogP contribution >= 0.6 is 0 Å². The van der Waals surface area contributed by atoms with Crippen LogP contribution in [0.3, 0.4) is 0 Å². The molecule has 1 aromatic carbocycles. The summed E-state index contributed by atoms with van der Waals surface area (Å²) < 4.78 is 5.38. The van der Waals surface area contributed by atoms with Gasteiger partial charge in [-0.25, -0.2) is 0 Å². The minimum absolute atomic E-state index is 0.0242. The SMILES string of the molecule is CO[C@@H](C)c1cccc(-c2ccc(C(=O)NCCCc3ccccn3)cn2)c1. The highest BCUT2D eigenvalue weighted by Crippen LogP contribution is 2.23. The van der Waals surface area contributed by atoms with Gasteiger partial charge in [0.1, 0.15) is 0 Å². The number of aryl methyl sites for hydroxylation is 1. The first-order valence-electron chi connectivity index (χ1n) is 9.44. The first-order valence-corrected chi connectivity index (χ1v) is 9.44. The minimum Gasteiger partial charge on any atom is -0.377 e. The standard InChI is InChI=1S/C23H25N3O2/c1-17(28-2)18-7-5-8-19(15-18)22-12-11-20(16-26-22)23(27)25-14-6-10-21-9-3-4-13-24-21/h3-5,7-9,11-13,15-17H,6,10,14H2,1-2H3,(H,25,27)/t17-/m0/s1. The number of benzene rings is 1. The number of carbonyl (C=O) groups excluding carboxylic acids is 1. The van der Waals surface area contributed by atoms with E-state index in [0.29, 0.717) is 12.1 Å². The molecule has 0 spiro atoms. The number of nitrogens with one attached hydrogen (secondary N) is 1. The van der Waals surface area contributed by atoms with Crippen molar-refractivity contribution in [2.24, 2.45) is 0 Å². The molecule has 1 N–H and O–H groups in total. The van der Waals surface area contributed by atoms with Gasteiger partial charge in [-0.05, 0) is 55.7 Å². The Bertz CT molecular complexity index is 895. The number of nitrogens with zero attached hydrogens (tertiary/aromatic N) is 2. The molecule has 0 aliphatic heterocycles. The number of pyridine rings is 2. The molecule has 0 aliphatic carbocycles. The Morgan fingerprint density at radius 2 is 2.00 bits per heavy atom. The molecule has 0 saturated carbocycles. The lowest BCUT2D eigenvalue weighted by atomic mass is 10.0. The molecule has 0 radical (unpaired) electrons. The summed E-state index contributed by atoms with van der Waals surface area (Å²) in [6.07, 6.45) is 5.12. The molecule has 0 fully saturated rings. The molecule has 5 heteroatoms. The zero-order valence-electron chi connectivity index (χ0n) is 16.3. The van der Waals surface area contributed by atoms with Crippen LogP contribution in [0.1, 0.15) is 41.1 Å². The van der Waals surface area contributed by atoms with E-state index in [0.717, 1.165) is 35.4 Å². The number of hydrogen-bond donors (Lipinski definition) is 1. The minimum atomic E-state index is -0.109. The molecule has 0 unspecified atom stereocenters. The lowest BCUT2D eigenvalue weighted by molar-refractivity contribution is 0.0953. The van der Waals surface area contributed by atoms with Crippen LogP contribution in [0.2, 0.25) is 0 Å². The van der Waals surface area contributed by atoms with E-state index >= 15 is 0 Å². The van der Waals surface area contributed by atoms with Gasteiger partial charge < -0.3 is 10.1 Å². The van der Waals surface area contributed by atoms with E-state index in [2.05, 4.69) is 21.4 Å². The van der Waals surface area contributed by atoms with Crippen molar-refractivity contribution in [2.75, 3.05) is 13.7 Å². The van der Waals surface area contributed by atoms with Crippen LogP contribution in [0.25, 0.3) is 11.3 Å². The molecule has 1 atom stereocenters. The highest BCUT2D eigenvalue weighted by atomic mass is 16.5. The summed E-state index contributed by atoms with van der Waals surface area (Å²) in [6.45, 7) is 2.61. The Balaban J connectivity index is 1.55. The van der Waals surface area contributed by atoms with Crippen molar-refractivity contribution in [3.63, 3.8) is 0 Å². The molecular formula is C23H25N3O2. The second-order valence-corrected chi connectivity index (χ2v) is 6.62. The largest absolute Gasteiger partial charge is 0.377 e. The van der Waals surface area contributed by atoms with Gasteiger partial charge in [-0.1, -0.05) is 24.3 Å². The molecule has 2 aromatic heterocycles. The normalized spacial score (nSPS) is 11.8. The van der Waals surface area contributed by atoms with Crippen LogP contribution in [0.4, 0.5) is 0 Å². The van der Waals surface area contributed by atoms with E-state index in [-0.39, 0.29) is 12.0 Å². The van der Waals surface area contributed by atoms with Gasteiger partial charge in [0, 0.05) is 37.3 Å². The number of hydrogen-bond acceptors (Lipinski definition) is 4. The van der Waals surface area contributed by atoms with Crippen LogP contribution in [-0.4, -0.2) is 29.5 Å². The summed E-state index contributed by atoms with van der Waals surface area (Å²) in [5.74, 6) is -0.109.